The Morgan fingerprint density at radius 1 is 1.07 bits per heavy atom. The quantitative estimate of drug-likeness (QED) is 0.392. The van der Waals surface area contributed by atoms with Crippen LogP contribution in [-0.2, 0) is 0 Å². The molecular weight excluding hydrogens is 180 g/mol. The predicted octanol–water partition coefficient (Wildman–Crippen LogP) is 5.28. The van der Waals surface area contributed by atoms with Crippen molar-refractivity contribution in [1.29, 1.82) is 0 Å². The molecule has 0 heteroatoms. The molecule has 0 aromatic heterocycles. The molecule has 0 aliphatic rings. The van der Waals surface area contributed by atoms with E-state index < -0.39 is 0 Å². The summed E-state index contributed by atoms with van der Waals surface area (Å²) in [7, 11) is 0. The third kappa shape index (κ3) is 9.52. The Bertz CT molecular complexity index is 226. The van der Waals surface area contributed by atoms with Crippen molar-refractivity contribution in [2.24, 2.45) is 5.92 Å². The number of allylic oxidation sites excluding steroid dienone is 5. The van der Waals surface area contributed by atoms with E-state index in [1.54, 1.807) is 0 Å². The van der Waals surface area contributed by atoms with E-state index in [0.717, 1.165) is 5.92 Å². The van der Waals surface area contributed by atoms with Crippen LogP contribution in [0.5, 0.6) is 0 Å². The molecular formula is C15H26. The second kappa shape index (κ2) is 8.52. The Morgan fingerprint density at radius 2 is 1.60 bits per heavy atom. The summed E-state index contributed by atoms with van der Waals surface area (Å²) in [5.41, 5.74) is 2.73. The van der Waals surface area contributed by atoms with Crippen molar-refractivity contribution in [1.82, 2.24) is 0 Å². The lowest BCUT2D eigenvalue weighted by molar-refractivity contribution is 0.501. The van der Waals surface area contributed by atoms with E-state index in [-0.39, 0.29) is 0 Å². The van der Waals surface area contributed by atoms with Crippen LogP contribution in [0.1, 0.15) is 53.4 Å². The molecule has 0 spiro atoms. The summed E-state index contributed by atoms with van der Waals surface area (Å²) in [6.07, 6.45) is 11.6. The first-order valence-electron chi connectivity index (χ1n) is 5.98. The van der Waals surface area contributed by atoms with E-state index >= 15 is 0 Å². The van der Waals surface area contributed by atoms with Crippen LogP contribution in [0, 0.1) is 5.92 Å². The number of hydrogen-bond donors (Lipinski definition) is 0. The molecule has 0 saturated carbocycles. The highest BCUT2D eigenvalue weighted by Crippen LogP contribution is 2.14. The third-order valence-electron chi connectivity index (χ3n) is 2.66. The fourth-order valence-electron chi connectivity index (χ4n) is 1.48. The molecule has 0 aliphatic heterocycles. The largest absolute Gasteiger partial charge is 0.0988 e. The van der Waals surface area contributed by atoms with Crippen LogP contribution in [0.4, 0.5) is 0 Å². The van der Waals surface area contributed by atoms with Gasteiger partial charge in [0.25, 0.3) is 0 Å². The van der Waals surface area contributed by atoms with Gasteiger partial charge in [0.15, 0.2) is 0 Å². The molecule has 15 heavy (non-hydrogen) atoms. The number of rotatable bonds is 7. The van der Waals surface area contributed by atoms with Gasteiger partial charge < -0.3 is 0 Å². The predicted molar refractivity (Wildman–Crippen MR) is 71.0 cm³/mol. The lowest BCUT2D eigenvalue weighted by atomic mass is 9.98. The smallest absolute Gasteiger partial charge is 0.0342 e. The first-order chi connectivity index (χ1) is 7.06. The zero-order valence-corrected chi connectivity index (χ0v) is 10.8. The summed E-state index contributed by atoms with van der Waals surface area (Å²) >= 11 is 0. The van der Waals surface area contributed by atoms with Crippen LogP contribution >= 0.6 is 0 Å². The molecule has 1 atom stereocenters. The SMILES string of the molecule is C=C/C(C)=C/CCC(C)CCC=C(C)C. The van der Waals surface area contributed by atoms with E-state index in [0.29, 0.717) is 0 Å². The van der Waals surface area contributed by atoms with Crippen LogP contribution in [0.15, 0.2) is 36.0 Å². The van der Waals surface area contributed by atoms with Gasteiger partial charge in [-0.3, -0.25) is 0 Å². The number of hydrogen-bond acceptors (Lipinski definition) is 0. The van der Waals surface area contributed by atoms with Crippen molar-refractivity contribution in [2.45, 2.75) is 53.4 Å². The van der Waals surface area contributed by atoms with Crippen molar-refractivity contribution < 1.29 is 0 Å². The van der Waals surface area contributed by atoms with E-state index in [1.165, 1.54) is 36.8 Å². The van der Waals surface area contributed by atoms with Gasteiger partial charge in [-0.2, -0.15) is 0 Å². The molecule has 0 aromatic rings. The highest BCUT2D eigenvalue weighted by molar-refractivity contribution is 5.12. The average Bonchev–Trinajstić information content (AvgIpc) is 2.17. The van der Waals surface area contributed by atoms with Gasteiger partial charge in [-0.25, -0.2) is 0 Å². The van der Waals surface area contributed by atoms with E-state index in [1.807, 2.05) is 6.08 Å². The van der Waals surface area contributed by atoms with E-state index in [9.17, 15) is 0 Å². The van der Waals surface area contributed by atoms with Gasteiger partial charge in [0.1, 0.15) is 0 Å². The maximum atomic E-state index is 3.75. The summed E-state index contributed by atoms with van der Waals surface area (Å²) in [6, 6.07) is 0. The Hall–Kier alpha value is -0.780. The molecule has 0 amide bonds. The minimum Gasteiger partial charge on any atom is -0.0988 e. The molecule has 0 nitrogen and oxygen atoms in total. The van der Waals surface area contributed by atoms with Crippen molar-refractivity contribution in [3.8, 4) is 0 Å². The monoisotopic (exact) mass is 206 g/mol. The van der Waals surface area contributed by atoms with Crippen LogP contribution in [0.3, 0.4) is 0 Å². The molecule has 0 bridgehead atoms. The second-order valence-electron chi connectivity index (χ2n) is 4.69. The molecule has 0 saturated heterocycles. The highest BCUT2D eigenvalue weighted by atomic mass is 14.0. The zero-order chi connectivity index (χ0) is 11.7. The van der Waals surface area contributed by atoms with Gasteiger partial charge in [0.2, 0.25) is 0 Å². The maximum absolute atomic E-state index is 3.75. The molecule has 0 N–H and O–H groups in total. The van der Waals surface area contributed by atoms with Gasteiger partial charge in [-0.1, -0.05) is 42.9 Å². The van der Waals surface area contributed by atoms with Crippen molar-refractivity contribution in [3.05, 3.63) is 36.0 Å². The molecule has 0 aromatic carbocycles. The summed E-state index contributed by atoms with van der Waals surface area (Å²) in [5, 5.41) is 0. The Balaban J connectivity index is 3.62. The lowest BCUT2D eigenvalue weighted by Gasteiger charge is -2.08. The maximum Gasteiger partial charge on any atom is -0.0342 e. The third-order valence-corrected chi connectivity index (χ3v) is 2.66. The van der Waals surface area contributed by atoms with Crippen molar-refractivity contribution in [3.63, 3.8) is 0 Å². The molecule has 0 aliphatic carbocycles. The average molecular weight is 206 g/mol. The fourth-order valence-corrected chi connectivity index (χ4v) is 1.48. The Labute approximate surface area is 95.8 Å². The standard InChI is InChI=1S/C15H26/c1-6-14(4)10-8-12-15(5)11-7-9-13(2)3/h6,9-10,15H,1,7-8,11-12H2,2-5H3/b14-10+. The molecule has 0 rings (SSSR count). The Morgan fingerprint density at radius 3 is 2.07 bits per heavy atom. The first-order valence-corrected chi connectivity index (χ1v) is 5.98. The topological polar surface area (TPSA) is 0 Å². The van der Waals surface area contributed by atoms with Gasteiger partial charge in [-0.05, 0) is 52.4 Å². The van der Waals surface area contributed by atoms with E-state index in [4.69, 9.17) is 0 Å². The van der Waals surface area contributed by atoms with Gasteiger partial charge in [-0.15, -0.1) is 0 Å². The molecule has 0 fully saturated rings. The summed E-state index contributed by atoms with van der Waals surface area (Å²) in [6.45, 7) is 12.5. The van der Waals surface area contributed by atoms with Crippen LogP contribution < -0.4 is 0 Å². The van der Waals surface area contributed by atoms with Gasteiger partial charge >= 0.3 is 0 Å². The highest BCUT2D eigenvalue weighted by Gasteiger charge is 1.99. The summed E-state index contributed by atoms with van der Waals surface area (Å²) in [4.78, 5) is 0. The minimum atomic E-state index is 0.828. The lowest BCUT2D eigenvalue weighted by Crippen LogP contribution is -1.93. The summed E-state index contributed by atoms with van der Waals surface area (Å²) < 4.78 is 0. The molecule has 86 valence electrons. The Kier molecular flexibility index (Phi) is 8.08. The zero-order valence-electron chi connectivity index (χ0n) is 10.8. The van der Waals surface area contributed by atoms with Crippen molar-refractivity contribution in [2.75, 3.05) is 0 Å². The van der Waals surface area contributed by atoms with Gasteiger partial charge in [0, 0.05) is 0 Å². The van der Waals surface area contributed by atoms with E-state index in [2.05, 4.69) is 46.4 Å². The summed E-state index contributed by atoms with van der Waals surface area (Å²) in [5.74, 6) is 0.828. The van der Waals surface area contributed by atoms with Crippen molar-refractivity contribution >= 4 is 0 Å². The molecule has 0 radical (unpaired) electrons. The normalized spacial score (nSPS) is 13.5. The fraction of sp³-hybridized carbons (Fsp3) is 0.600. The molecule has 0 heterocycles. The van der Waals surface area contributed by atoms with Crippen LogP contribution in [0.25, 0.3) is 0 Å². The van der Waals surface area contributed by atoms with Gasteiger partial charge in [0.05, 0.1) is 0 Å². The minimum absolute atomic E-state index is 0.828. The van der Waals surface area contributed by atoms with Crippen LogP contribution in [-0.4, -0.2) is 0 Å². The van der Waals surface area contributed by atoms with Crippen LogP contribution in [0.2, 0.25) is 0 Å². The second-order valence-corrected chi connectivity index (χ2v) is 4.69. The first kappa shape index (κ1) is 14.2. The molecule has 1 unspecified atom stereocenters.